The van der Waals surface area contributed by atoms with Gasteiger partial charge in [-0.05, 0) is 43.5 Å². The number of amides is 4. The Morgan fingerprint density at radius 3 is 2.80 bits per heavy atom. The summed E-state index contributed by atoms with van der Waals surface area (Å²) >= 11 is 0. The van der Waals surface area contributed by atoms with Crippen molar-refractivity contribution in [2.75, 3.05) is 11.4 Å². The molecule has 0 atom stereocenters. The number of urea groups is 1. The maximum absolute atomic E-state index is 12.2. The first-order chi connectivity index (χ1) is 14.5. The number of hydrogen-bond donors (Lipinski definition) is 2. The molecule has 2 aliphatic rings. The number of fused-ring (bicyclic) bond motifs is 1. The van der Waals surface area contributed by atoms with Gasteiger partial charge in [-0.25, -0.2) is 9.59 Å². The minimum Gasteiger partial charge on any atom is -0.445 e. The van der Waals surface area contributed by atoms with Gasteiger partial charge in [0.05, 0.1) is 16.9 Å². The van der Waals surface area contributed by atoms with Crippen LogP contribution < -0.4 is 15.5 Å². The summed E-state index contributed by atoms with van der Waals surface area (Å²) in [5, 5.41) is 6.12. The van der Waals surface area contributed by atoms with Gasteiger partial charge in [0.25, 0.3) is 0 Å². The van der Waals surface area contributed by atoms with Crippen LogP contribution in [0.5, 0.6) is 0 Å². The number of hydrogen-bond acceptors (Lipinski definition) is 5. The Labute approximate surface area is 175 Å². The van der Waals surface area contributed by atoms with Gasteiger partial charge in [0, 0.05) is 24.4 Å². The highest BCUT2D eigenvalue weighted by Crippen LogP contribution is 2.26. The lowest BCUT2D eigenvalue weighted by Crippen LogP contribution is -2.49. The summed E-state index contributed by atoms with van der Waals surface area (Å²) in [6.07, 6.45) is 5.41. The number of alkyl carbamates (subject to hydrolysis) is 1. The van der Waals surface area contributed by atoms with Crippen LogP contribution in [-0.4, -0.2) is 35.6 Å². The summed E-state index contributed by atoms with van der Waals surface area (Å²) in [5.41, 5.74) is 3.01. The fraction of sp³-hybridized carbons (Fsp3) is 0.455. The second-order valence-corrected chi connectivity index (χ2v) is 7.93. The summed E-state index contributed by atoms with van der Waals surface area (Å²) in [6, 6.07) is 7.33. The van der Waals surface area contributed by atoms with Crippen molar-refractivity contribution in [3.8, 4) is 0 Å². The topological polar surface area (TPSA) is 101 Å². The van der Waals surface area contributed by atoms with E-state index in [2.05, 4.69) is 15.6 Å². The molecule has 1 aromatic heterocycles. The quantitative estimate of drug-likeness (QED) is 0.803. The van der Waals surface area contributed by atoms with Crippen LogP contribution >= 0.6 is 0 Å². The van der Waals surface area contributed by atoms with E-state index in [-0.39, 0.29) is 31.1 Å². The van der Waals surface area contributed by atoms with Crippen LogP contribution in [-0.2, 0) is 16.1 Å². The van der Waals surface area contributed by atoms with E-state index in [0.717, 1.165) is 42.1 Å². The summed E-state index contributed by atoms with van der Waals surface area (Å²) in [6.45, 7) is 2.32. The van der Waals surface area contributed by atoms with Crippen LogP contribution in [0.2, 0.25) is 0 Å². The molecular formula is C22H26N4O4. The number of ether oxygens (including phenoxy) is 1. The van der Waals surface area contributed by atoms with Crippen molar-refractivity contribution >= 4 is 34.6 Å². The Kier molecular flexibility index (Phi) is 5.83. The van der Waals surface area contributed by atoms with E-state index in [0.29, 0.717) is 17.9 Å². The Morgan fingerprint density at radius 2 is 2.03 bits per heavy atom. The van der Waals surface area contributed by atoms with E-state index in [9.17, 15) is 14.4 Å². The van der Waals surface area contributed by atoms with E-state index < -0.39 is 6.03 Å². The van der Waals surface area contributed by atoms with Crippen LogP contribution in [0.15, 0.2) is 24.3 Å². The fourth-order valence-electron chi connectivity index (χ4n) is 4.07. The third kappa shape index (κ3) is 4.53. The second-order valence-electron chi connectivity index (χ2n) is 7.93. The number of aromatic nitrogens is 1. The van der Waals surface area contributed by atoms with Crippen LogP contribution in [0.3, 0.4) is 0 Å². The minimum atomic E-state index is -0.436. The number of carbonyl (C=O) groups excluding carboxylic acids is 3. The molecule has 0 radical (unpaired) electrons. The molecule has 2 heterocycles. The summed E-state index contributed by atoms with van der Waals surface area (Å²) in [5.74, 6) is -0.270. The largest absolute Gasteiger partial charge is 0.445 e. The van der Waals surface area contributed by atoms with Gasteiger partial charge in [0.1, 0.15) is 6.61 Å². The van der Waals surface area contributed by atoms with Crippen molar-refractivity contribution in [2.45, 2.75) is 58.1 Å². The number of carbonyl (C=O) groups is 3. The first-order valence-electron chi connectivity index (χ1n) is 10.4. The van der Waals surface area contributed by atoms with E-state index in [1.165, 1.54) is 11.3 Å². The summed E-state index contributed by atoms with van der Waals surface area (Å²) in [4.78, 5) is 41.8. The lowest BCUT2D eigenvalue weighted by molar-refractivity contribution is -0.120. The number of nitrogens with one attached hydrogen (secondary N) is 2. The zero-order valence-corrected chi connectivity index (χ0v) is 17.1. The van der Waals surface area contributed by atoms with Gasteiger partial charge in [0.15, 0.2) is 0 Å². The molecule has 8 heteroatoms. The molecule has 2 fully saturated rings. The molecule has 30 heavy (non-hydrogen) atoms. The van der Waals surface area contributed by atoms with Gasteiger partial charge in [-0.3, -0.25) is 20.0 Å². The molecule has 2 N–H and O–H groups in total. The average molecular weight is 410 g/mol. The standard InChI is InChI=1S/C22H26N4O4/c1-14-19(26-10-9-20(27)25-21(26)28)12-16-11-15(7-8-18(16)23-14)13-30-22(29)24-17-5-3-2-4-6-17/h7-8,11-12,17H,2-6,9-10,13H2,1H3,(H,24,29)(H,25,27,28). The highest BCUT2D eigenvalue weighted by Gasteiger charge is 2.26. The number of nitrogens with zero attached hydrogens (tertiary/aromatic N) is 2. The molecule has 1 aromatic carbocycles. The smallest absolute Gasteiger partial charge is 0.407 e. The molecule has 1 aliphatic heterocycles. The molecule has 0 bridgehead atoms. The van der Waals surface area contributed by atoms with Gasteiger partial charge in [-0.2, -0.15) is 0 Å². The van der Waals surface area contributed by atoms with Gasteiger partial charge in [0.2, 0.25) is 5.91 Å². The third-order valence-electron chi connectivity index (χ3n) is 5.68. The minimum absolute atomic E-state index is 0.163. The highest BCUT2D eigenvalue weighted by atomic mass is 16.5. The highest BCUT2D eigenvalue weighted by molar-refractivity contribution is 6.06. The second kappa shape index (κ2) is 8.69. The Bertz CT molecular complexity index is 985. The van der Waals surface area contributed by atoms with Gasteiger partial charge in [-0.15, -0.1) is 0 Å². The zero-order chi connectivity index (χ0) is 21.1. The normalized spacial score (nSPS) is 17.7. The average Bonchev–Trinajstić information content (AvgIpc) is 2.73. The molecular weight excluding hydrogens is 384 g/mol. The number of benzene rings is 1. The predicted molar refractivity (Wildman–Crippen MR) is 112 cm³/mol. The summed E-state index contributed by atoms with van der Waals surface area (Å²) < 4.78 is 5.40. The van der Waals surface area contributed by atoms with Crippen molar-refractivity contribution in [1.82, 2.24) is 15.6 Å². The number of imide groups is 1. The van der Waals surface area contributed by atoms with Crippen molar-refractivity contribution in [3.05, 3.63) is 35.5 Å². The Balaban J connectivity index is 1.46. The van der Waals surface area contributed by atoms with Gasteiger partial charge < -0.3 is 10.1 Å². The monoisotopic (exact) mass is 410 g/mol. The molecule has 2 aromatic rings. The third-order valence-corrected chi connectivity index (χ3v) is 5.68. The van der Waals surface area contributed by atoms with Crippen molar-refractivity contribution < 1.29 is 19.1 Å². The Hall–Kier alpha value is -3.16. The van der Waals surface area contributed by atoms with E-state index >= 15 is 0 Å². The molecule has 0 unspecified atom stereocenters. The summed E-state index contributed by atoms with van der Waals surface area (Å²) in [7, 11) is 0. The van der Waals surface area contributed by atoms with E-state index in [4.69, 9.17) is 4.74 Å². The molecule has 1 saturated heterocycles. The van der Waals surface area contributed by atoms with Gasteiger partial charge >= 0.3 is 12.1 Å². The van der Waals surface area contributed by atoms with E-state index in [1.807, 2.05) is 31.2 Å². The molecule has 158 valence electrons. The van der Waals surface area contributed by atoms with Crippen molar-refractivity contribution in [3.63, 3.8) is 0 Å². The molecule has 1 aliphatic carbocycles. The molecule has 0 spiro atoms. The van der Waals surface area contributed by atoms with E-state index in [1.54, 1.807) is 0 Å². The number of aryl methyl sites for hydroxylation is 1. The number of rotatable bonds is 4. The van der Waals surface area contributed by atoms with Crippen LogP contribution in [0.25, 0.3) is 10.9 Å². The lowest BCUT2D eigenvalue weighted by Gasteiger charge is -2.27. The van der Waals surface area contributed by atoms with Crippen LogP contribution in [0.1, 0.15) is 49.8 Å². The molecule has 4 rings (SSSR count). The van der Waals surface area contributed by atoms with Crippen molar-refractivity contribution in [1.29, 1.82) is 0 Å². The molecule has 4 amide bonds. The first kappa shape index (κ1) is 20.1. The molecule has 8 nitrogen and oxygen atoms in total. The number of pyridine rings is 1. The lowest BCUT2D eigenvalue weighted by atomic mass is 9.96. The molecule has 1 saturated carbocycles. The SMILES string of the molecule is Cc1nc2ccc(COC(=O)NC3CCCCC3)cc2cc1N1CCC(=O)NC1=O. The first-order valence-corrected chi connectivity index (χ1v) is 10.4. The predicted octanol–water partition coefficient (Wildman–Crippen LogP) is 3.55. The van der Waals surface area contributed by atoms with Crippen molar-refractivity contribution in [2.24, 2.45) is 0 Å². The Morgan fingerprint density at radius 1 is 1.23 bits per heavy atom. The zero-order valence-electron chi connectivity index (χ0n) is 17.1. The van der Waals surface area contributed by atoms with Crippen LogP contribution in [0.4, 0.5) is 15.3 Å². The van der Waals surface area contributed by atoms with Crippen LogP contribution in [0, 0.1) is 6.92 Å². The van der Waals surface area contributed by atoms with Gasteiger partial charge in [-0.1, -0.05) is 25.3 Å². The maximum atomic E-state index is 12.2. The number of anilines is 1. The fourth-order valence-corrected chi connectivity index (χ4v) is 4.07. The maximum Gasteiger partial charge on any atom is 0.407 e.